The predicted octanol–water partition coefficient (Wildman–Crippen LogP) is 3.71. The smallest absolute Gasteiger partial charge is 0.324 e. The summed E-state index contributed by atoms with van der Waals surface area (Å²) >= 11 is 0. The van der Waals surface area contributed by atoms with E-state index in [4.69, 9.17) is 4.42 Å². The van der Waals surface area contributed by atoms with E-state index in [1.807, 2.05) is 44.2 Å². The Hall–Kier alpha value is -3.61. The molecule has 1 aliphatic heterocycles. The van der Waals surface area contributed by atoms with Crippen LogP contribution in [0, 0.1) is 0 Å². The second kappa shape index (κ2) is 8.02. The molecule has 2 aromatic carbocycles. The normalized spacial score (nSPS) is 14.8. The largest absolute Gasteiger partial charge is 0.459 e. The number of urea groups is 1. The molecule has 1 saturated heterocycles. The van der Waals surface area contributed by atoms with Gasteiger partial charge in [0.15, 0.2) is 0 Å². The SMILES string of the molecule is CCN(C(=O)c1cccc(CN2C(=O)CNC2=O)c1)C(C)c1cc2ccccc2o1. The fourth-order valence-electron chi connectivity index (χ4n) is 3.72. The van der Waals surface area contributed by atoms with E-state index in [0.29, 0.717) is 12.1 Å². The predicted molar refractivity (Wildman–Crippen MR) is 112 cm³/mol. The third-order valence-corrected chi connectivity index (χ3v) is 5.38. The van der Waals surface area contributed by atoms with Crippen molar-refractivity contribution in [3.8, 4) is 0 Å². The van der Waals surface area contributed by atoms with Crippen molar-refractivity contribution in [2.24, 2.45) is 0 Å². The number of nitrogens with zero attached hydrogens (tertiary/aromatic N) is 2. The van der Waals surface area contributed by atoms with Crippen molar-refractivity contribution in [2.45, 2.75) is 26.4 Å². The lowest BCUT2D eigenvalue weighted by atomic mass is 10.1. The Labute approximate surface area is 174 Å². The molecule has 0 radical (unpaired) electrons. The average molecular weight is 405 g/mol. The van der Waals surface area contributed by atoms with Crippen LogP contribution in [0.4, 0.5) is 4.79 Å². The summed E-state index contributed by atoms with van der Waals surface area (Å²) in [6.07, 6.45) is 0. The third kappa shape index (κ3) is 3.66. The molecule has 1 aromatic heterocycles. The topological polar surface area (TPSA) is 82.9 Å². The molecule has 2 heterocycles. The van der Waals surface area contributed by atoms with Crippen molar-refractivity contribution in [2.75, 3.05) is 13.1 Å². The van der Waals surface area contributed by atoms with Gasteiger partial charge in [0.25, 0.3) is 5.91 Å². The highest BCUT2D eigenvalue weighted by Crippen LogP contribution is 2.28. The van der Waals surface area contributed by atoms with Crippen LogP contribution >= 0.6 is 0 Å². The summed E-state index contributed by atoms with van der Waals surface area (Å²) in [4.78, 5) is 39.8. The summed E-state index contributed by atoms with van der Waals surface area (Å²) in [6, 6.07) is 16.1. The molecular weight excluding hydrogens is 382 g/mol. The number of amides is 4. The monoisotopic (exact) mass is 405 g/mol. The van der Waals surface area contributed by atoms with Gasteiger partial charge >= 0.3 is 6.03 Å². The Morgan fingerprint density at radius 2 is 1.97 bits per heavy atom. The van der Waals surface area contributed by atoms with Crippen LogP contribution in [0.1, 0.15) is 41.6 Å². The van der Waals surface area contributed by atoms with E-state index in [9.17, 15) is 14.4 Å². The number of hydrogen-bond donors (Lipinski definition) is 1. The van der Waals surface area contributed by atoms with Crippen LogP contribution in [0.5, 0.6) is 0 Å². The molecule has 154 valence electrons. The molecule has 0 bridgehead atoms. The number of benzene rings is 2. The summed E-state index contributed by atoms with van der Waals surface area (Å²) in [5, 5.41) is 3.50. The van der Waals surface area contributed by atoms with Gasteiger partial charge in [0, 0.05) is 17.5 Å². The lowest BCUT2D eigenvalue weighted by molar-refractivity contribution is -0.125. The fourth-order valence-corrected chi connectivity index (χ4v) is 3.72. The first kappa shape index (κ1) is 19.7. The summed E-state index contributed by atoms with van der Waals surface area (Å²) in [7, 11) is 0. The summed E-state index contributed by atoms with van der Waals surface area (Å²) in [6.45, 7) is 4.52. The highest BCUT2D eigenvalue weighted by molar-refractivity contribution is 6.02. The van der Waals surface area contributed by atoms with Crippen LogP contribution in [-0.2, 0) is 11.3 Å². The maximum absolute atomic E-state index is 13.2. The quantitative estimate of drug-likeness (QED) is 0.634. The molecule has 1 aliphatic rings. The molecule has 3 aromatic rings. The molecule has 4 amide bonds. The van der Waals surface area contributed by atoms with E-state index in [1.165, 1.54) is 0 Å². The average Bonchev–Trinajstić information content (AvgIpc) is 3.33. The molecule has 0 aliphatic carbocycles. The van der Waals surface area contributed by atoms with Crippen molar-refractivity contribution in [1.82, 2.24) is 15.1 Å². The molecule has 1 N–H and O–H groups in total. The van der Waals surface area contributed by atoms with Gasteiger partial charge in [0.05, 0.1) is 19.1 Å². The lowest BCUT2D eigenvalue weighted by Crippen LogP contribution is -2.33. The van der Waals surface area contributed by atoms with Gasteiger partial charge in [-0.2, -0.15) is 0 Å². The number of nitrogens with one attached hydrogen (secondary N) is 1. The minimum absolute atomic E-state index is 0.0100. The minimum atomic E-state index is -0.412. The number of carbonyl (C=O) groups is 3. The van der Waals surface area contributed by atoms with Crippen molar-refractivity contribution in [3.63, 3.8) is 0 Å². The highest BCUT2D eigenvalue weighted by atomic mass is 16.3. The summed E-state index contributed by atoms with van der Waals surface area (Å²) < 4.78 is 5.95. The number of furan rings is 1. The molecule has 30 heavy (non-hydrogen) atoms. The second-order valence-corrected chi connectivity index (χ2v) is 7.29. The van der Waals surface area contributed by atoms with Gasteiger partial charge < -0.3 is 14.6 Å². The van der Waals surface area contributed by atoms with E-state index in [2.05, 4.69) is 5.32 Å². The lowest BCUT2D eigenvalue weighted by Gasteiger charge is -2.27. The molecule has 0 saturated carbocycles. The van der Waals surface area contributed by atoms with Crippen LogP contribution in [0.25, 0.3) is 11.0 Å². The highest BCUT2D eigenvalue weighted by Gasteiger charge is 2.29. The van der Waals surface area contributed by atoms with Gasteiger partial charge in [0.2, 0.25) is 5.91 Å². The maximum atomic E-state index is 13.2. The van der Waals surface area contributed by atoms with Gasteiger partial charge in [0.1, 0.15) is 11.3 Å². The van der Waals surface area contributed by atoms with E-state index >= 15 is 0 Å². The van der Waals surface area contributed by atoms with Crippen molar-refractivity contribution >= 4 is 28.8 Å². The zero-order valence-corrected chi connectivity index (χ0v) is 16.9. The number of imide groups is 1. The first-order valence-corrected chi connectivity index (χ1v) is 9.94. The zero-order chi connectivity index (χ0) is 21.3. The molecule has 1 atom stereocenters. The number of hydrogen-bond acceptors (Lipinski definition) is 4. The van der Waals surface area contributed by atoms with E-state index < -0.39 is 6.03 Å². The first-order chi connectivity index (χ1) is 14.5. The Morgan fingerprint density at radius 3 is 2.67 bits per heavy atom. The summed E-state index contributed by atoms with van der Waals surface area (Å²) in [5.74, 6) is 0.316. The van der Waals surface area contributed by atoms with Gasteiger partial charge in [-0.05, 0) is 43.7 Å². The van der Waals surface area contributed by atoms with Crippen LogP contribution in [0.15, 0.2) is 59.0 Å². The molecule has 0 spiro atoms. The van der Waals surface area contributed by atoms with Crippen LogP contribution in [-0.4, -0.2) is 40.7 Å². The second-order valence-electron chi connectivity index (χ2n) is 7.29. The number of para-hydroxylation sites is 1. The van der Waals surface area contributed by atoms with Crippen molar-refractivity contribution < 1.29 is 18.8 Å². The van der Waals surface area contributed by atoms with Crippen LogP contribution < -0.4 is 5.32 Å². The van der Waals surface area contributed by atoms with E-state index in [1.54, 1.807) is 29.2 Å². The van der Waals surface area contributed by atoms with Crippen molar-refractivity contribution in [1.29, 1.82) is 0 Å². The van der Waals surface area contributed by atoms with Gasteiger partial charge in [-0.1, -0.05) is 30.3 Å². The molecule has 7 heteroatoms. The van der Waals surface area contributed by atoms with E-state index in [-0.39, 0.29) is 30.9 Å². The minimum Gasteiger partial charge on any atom is -0.459 e. The number of rotatable bonds is 6. The summed E-state index contributed by atoms with van der Waals surface area (Å²) in [5.41, 5.74) is 2.02. The Bertz CT molecular complexity index is 1070. The van der Waals surface area contributed by atoms with Crippen LogP contribution in [0.2, 0.25) is 0 Å². The molecule has 4 rings (SSSR count). The third-order valence-electron chi connectivity index (χ3n) is 5.38. The standard InChI is InChI=1S/C23H23N3O4/c1-3-25(15(2)20-12-17-8-4-5-10-19(17)30-20)22(28)18-9-6-7-16(11-18)14-26-21(27)13-24-23(26)29/h4-12,15H,3,13-14H2,1-2H3,(H,24,29). The Balaban J connectivity index is 1.56. The fraction of sp³-hybridized carbons (Fsp3) is 0.261. The maximum Gasteiger partial charge on any atom is 0.324 e. The van der Waals surface area contributed by atoms with Crippen LogP contribution in [0.3, 0.4) is 0 Å². The zero-order valence-electron chi connectivity index (χ0n) is 16.9. The van der Waals surface area contributed by atoms with Gasteiger partial charge in [-0.15, -0.1) is 0 Å². The van der Waals surface area contributed by atoms with Gasteiger partial charge in [-0.25, -0.2) is 4.79 Å². The van der Waals surface area contributed by atoms with Gasteiger partial charge in [-0.3, -0.25) is 14.5 Å². The number of carbonyl (C=O) groups excluding carboxylic acids is 3. The van der Waals surface area contributed by atoms with Crippen molar-refractivity contribution in [3.05, 3.63) is 71.5 Å². The molecular formula is C23H23N3O4. The Morgan fingerprint density at radius 1 is 1.17 bits per heavy atom. The molecule has 1 unspecified atom stereocenters. The molecule has 1 fully saturated rings. The number of fused-ring (bicyclic) bond motifs is 1. The van der Waals surface area contributed by atoms with E-state index in [0.717, 1.165) is 27.2 Å². The Kier molecular flexibility index (Phi) is 5.27. The first-order valence-electron chi connectivity index (χ1n) is 9.94. The molecule has 7 nitrogen and oxygen atoms in total.